The van der Waals surface area contributed by atoms with Crippen molar-refractivity contribution in [1.29, 1.82) is 0 Å². The monoisotopic (exact) mass is 198 g/mol. The van der Waals surface area contributed by atoms with Crippen molar-refractivity contribution in [3.63, 3.8) is 0 Å². The molecule has 15 heavy (non-hydrogen) atoms. The van der Waals surface area contributed by atoms with Crippen molar-refractivity contribution >= 4 is 5.69 Å². The van der Waals surface area contributed by atoms with Gasteiger partial charge in [-0.25, -0.2) is 0 Å². The lowest BCUT2D eigenvalue weighted by molar-refractivity contribution is 0.874. The molecule has 0 radical (unpaired) electrons. The fraction of sp³-hybridized carbons (Fsp3) is 0.154. The molecule has 1 aromatic heterocycles. The molecule has 2 nitrogen and oxygen atoms in total. The van der Waals surface area contributed by atoms with Gasteiger partial charge in [0.15, 0.2) is 0 Å². The molecule has 0 saturated carbocycles. The van der Waals surface area contributed by atoms with Crippen molar-refractivity contribution < 1.29 is 0 Å². The molecule has 1 aromatic carbocycles. The van der Waals surface area contributed by atoms with E-state index in [0.717, 1.165) is 16.9 Å². The van der Waals surface area contributed by atoms with E-state index in [1.165, 1.54) is 0 Å². The van der Waals surface area contributed by atoms with E-state index in [0.29, 0.717) is 0 Å². The van der Waals surface area contributed by atoms with Crippen LogP contribution < -0.4 is 5.73 Å². The summed E-state index contributed by atoms with van der Waals surface area (Å²) in [5.41, 5.74) is 8.95. The molecule has 0 spiro atoms. The van der Waals surface area contributed by atoms with Gasteiger partial charge in [-0.1, -0.05) is 31.2 Å². The van der Waals surface area contributed by atoms with E-state index in [1.807, 2.05) is 42.6 Å². The fourth-order valence-corrected chi connectivity index (χ4v) is 1.70. The van der Waals surface area contributed by atoms with Gasteiger partial charge in [0.2, 0.25) is 0 Å². The van der Waals surface area contributed by atoms with Gasteiger partial charge in [-0.2, -0.15) is 0 Å². The second-order valence-corrected chi connectivity index (χ2v) is 3.61. The third kappa shape index (κ3) is 1.99. The van der Waals surface area contributed by atoms with Crippen LogP contribution in [0.2, 0.25) is 0 Å². The smallest absolute Gasteiger partial charge is 0.0476 e. The van der Waals surface area contributed by atoms with Crippen LogP contribution in [0.25, 0.3) is 0 Å². The Hall–Kier alpha value is -1.83. The molecule has 0 saturated heterocycles. The topological polar surface area (TPSA) is 38.9 Å². The third-order valence-corrected chi connectivity index (χ3v) is 2.59. The van der Waals surface area contributed by atoms with Crippen molar-refractivity contribution in [3.8, 4) is 0 Å². The minimum Gasteiger partial charge on any atom is -0.398 e. The molecular formula is C13H14N2. The normalized spacial score (nSPS) is 12.3. The highest BCUT2D eigenvalue weighted by atomic mass is 14.7. The minimum atomic E-state index is 0.243. The lowest BCUT2D eigenvalue weighted by Crippen LogP contribution is -2.02. The SMILES string of the molecule is CC(c1ccccn1)c1ccccc1N. The Morgan fingerprint density at radius 3 is 2.47 bits per heavy atom. The van der Waals surface area contributed by atoms with Gasteiger partial charge >= 0.3 is 0 Å². The average Bonchev–Trinajstić information content (AvgIpc) is 2.30. The molecule has 2 rings (SSSR count). The van der Waals surface area contributed by atoms with E-state index >= 15 is 0 Å². The predicted octanol–water partition coefficient (Wildman–Crippen LogP) is 2.82. The first-order valence-electron chi connectivity index (χ1n) is 5.04. The number of rotatable bonds is 2. The first-order valence-corrected chi connectivity index (χ1v) is 5.04. The lowest BCUT2D eigenvalue weighted by Gasteiger charge is -2.13. The largest absolute Gasteiger partial charge is 0.398 e. The molecule has 0 aliphatic rings. The van der Waals surface area contributed by atoms with Gasteiger partial charge < -0.3 is 5.73 Å². The summed E-state index contributed by atoms with van der Waals surface area (Å²) in [6.07, 6.45) is 1.81. The maximum absolute atomic E-state index is 5.93. The molecule has 0 fully saturated rings. The minimum absolute atomic E-state index is 0.243. The summed E-state index contributed by atoms with van der Waals surface area (Å²) in [5, 5.41) is 0. The second-order valence-electron chi connectivity index (χ2n) is 3.61. The number of anilines is 1. The molecule has 1 unspecified atom stereocenters. The summed E-state index contributed by atoms with van der Waals surface area (Å²) >= 11 is 0. The Balaban J connectivity index is 2.37. The van der Waals surface area contributed by atoms with Crippen LogP contribution in [0.5, 0.6) is 0 Å². The van der Waals surface area contributed by atoms with Gasteiger partial charge in [0.1, 0.15) is 0 Å². The Morgan fingerprint density at radius 2 is 1.80 bits per heavy atom. The summed E-state index contributed by atoms with van der Waals surface area (Å²) in [6.45, 7) is 2.12. The Labute approximate surface area is 89.8 Å². The van der Waals surface area contributed by atoms with Crippen molar-refractivity contribution in [2.45, 2.75) is 12.8 Å². The molecule has 2 N–H and O–H groups in total. The van der Waals surface area contributed by atoms with E-state index in [2.05, 4.69) is 18.0 Å². The number of aromatic nitrogens is 1. The number of pyridine rings is 1. The highest BCUT2D eigenvalue weighted by Gasteiger charge is 2.11. The standard InChI is InChI=1S/C13H14N2/c1-10(13-8-4-5-9-15-13)11-6-2-3-7-12(11)14/h2-10H,14H2,1H3. The number of hydrogen-bond donors (Lipinski definition) is 1. The van der Waals surface area contributed by atoms with E-state index < -0.39 is 0 Å². The van der Waals surface area contributed by atoms with Gasteiger partial charge in [0.05, 0.1) is 0 Å². The Bertz CT molecular complexity index is 437. The second kappa shape index (κ2) is 4.13. The number of para-hydroxylation sites is 1. The predicted molar refractivity (Wildman–Crippen MR) is 62.6 cm³/mol. The number of nitrogens with zero attached hydrogens (tertiary/aromatic N) is 1. The van der Waals surface area contributed by atoms with E-state index in [1.54, 1.807) is 0 Å². The maximum atomic E-state index is 5.93. The number of nitrogens with two attached hydrogens (primary N) is 1. The van der Waals surface area contributed by atoms with Gasteiger partial charge in [0.25, 0.3) is 0 Å². The number of nitrogen functional groups attached to an aromatic ring is 1. The van der Waals surface area contributed by atoms with E-state index in [9.17, 15) is 0 Å². The summed E-state index contributed by atoms with van der Waals surface area (Å²) < 4.78 is 0. The van der Waals surface area contributed by atoms with Crippen LogP contribution in [0.15, 0.2) is 48.7 Å². The van der Waals surface area contributed by atoms with Crippen LogP contribution in [0.3, 0.4) is 0 Å². The van der Waals surface area contributed by atoms with Crippen LogP contribution in [-0.4, -0.2) is 4.98 Å². The third-order valence-electron chi connectivity index (χ3n) is 2.59. The molecule has 0 bridgehead atoms. The number of benzene rings is 1. The van der Waals surface area contributed by atoms with E-state index in [-0.39, 0.29) is 5.92 Å². The molecule has 0 amide bonds. The van der Waals surface area contributed by atoms with Gasteiger partial charge in [0, 0.05) is 23.5 Å². The Morgan fingerprint density at radius 1 is 1.07 bits per heavy atom. The number of hydrogen-bond acceptors (Lipinski definition) is 2. The average molecular weight is 198 g/mol. The van der Waals surface area contributed by atoms with Crippen LogP contribution in [0.4, 0.5) is 5.69 Å². The molecule has 0 aliphatic carbocycles. The molecule has 76 valence electrons. The summed E-state index contributed by atoms with van der Waals surface area (Å²) in [7, 11) is 0. The van der Waals surface area contributed by atoms with Gasteiger partial charge in [-0.05, 0) is 23.8 Å². The summed E-state index contributed by atoms with van der Waals surface area (Å²) in [5.74, 6) is 0.243. The van der Waals surface area contributed by atoms with Crippen LogP contribution in [-0.2, 0) is 0 Å². The Kier molecular flexibility index (Phi) is 2.68. The zero-order chi connectivity index (χ0) is 10.7. The molecule has 0 aliphatic heterocycles. The van der Waals surface area contributed by atoms with Gasteiger partial charge in [-0.15, -0.1) is 0 Å². The first-order chi connectivity index (χ1) is 7.29. The summed E-state index contributed by atoms with van der Waals surface area (Å²) in [4.78, 5) is 4.34. The molecule has 2 heteroatoms. The zero-order valence-electron chi connectivity index (χ0n) is 8.72. The lowest BCUT2D eigenvalue weighted by atomic mass is 9.96. The van der Waals surface area contributed by atoms with Crippen molar-refractivity contribution in [2.24, 2.45) is 0 Å². The quantitative estimate of drug-likeness (QED) is 0.753. The zero-order valence-corrected chi connectivity index (χ0v) is 8.72. The molecule has 2 aromatic rings. The summed E-state index contributed by atoms with van der Waals surface area (Å²) in [6, 6.07) is 13.9. The highest BCUT2D eigenvalue weighted by molar-refractivity contribution is 5.50. The first kappa shape index (κ1) is 9.71. The maximum Gasteiger partial charge on any atom is 0.0476 e. The molecule has 1 atom stereocenters. The molecular weight excluding hydrogens is 184 g/mol. The van der Waals surface area contributed by atoms with Crippen LogP contribution in [0, 0.1) is 0 Å². The van der Waals surface area contributed by atoms with E-state index in [4.69, 9.17) is 5.73 Å². The molecule has 1 heterocycles. The van der Waals surface area contributed by atoms with Crippen LogP contribution >= 0.6 is 0 Å². The van der Waals surface area contributed by atoms with Gasteiger partial charge in [-0.3, -0.25) is 4.98 Å². The fourth-order valence-electron chi connectivity index (χ4n) is 1.70. The van der Waals surface area contributed by atoms with Crippen LogP contribution in [0.1, 0.15) is 24.1 Å². The van der Waals surface area contributed by atoms with Crippen molar-refractivity contribution in [3.05, 3.63) is 59.9 Å². The van der Waals surface area contributed by atoms with Crippen molar-refractivity contribution in [1.82, 2.24) is 4.98 Å². The highest BCUT2D eigenvalue weighted by Crippen LogP contribution is 2.26. The van der Waals surface area contributed by atoms with Crippen molar-refractivity contribution in [2.75, 3.05) is 5.73 Å².